The van der Waals surface area contributed by atoms with Crippen molar-refractivity contribution < 1.29 is 13.2 Å². The maximum atomic E-state index is 12.3. The Morgan fingerprint density at radius 2 is 1.95 bits per heavy atom. The number of methoxy groups -OCH3 is 1. The molecule has 0 spiro atoms. The van der Waals surface area contributed by atoms with Crippen molar-refractivity contribution in [3.05, 3.63) is 23.3 Å². The predicted molar refractivity (Wildman–Crippen MR) is 87.9 cm³/mol. The lowest BCUT2D eigenvalue weighted by Crippen LogP contribution is -2.27. The molecule has 122 valence electrons. The van der Waals surface area contributed by atoms with E-state index in [1.807, 2.05) is 13.8 Å². The Balaban J connectivity index is 0.00000400. The van der Waals surface area contributed by atoms with Gasteiger partial charge in [0.25, 0.3) is 0 Å². The zero-order valence-electron chi connectivity index (χ0n) is 13.0. The van der Waals surface area contributed by atoms with Gasteiger partial charge < -0.3 is 10.5 Å². The lowest BCUT2D eigenvalue weighted by atomic mass is 10.0. The minimum absolute atomic E-state index is 0. The van der Waals surface area contributed by atoms with Crippen LogP contribution in [0.15, 0.2) is 17.0 Å². The van der Waals surface area contributed by atoms with E-state index in [4.69, 9.17) is 10.5 Å². The zero-order chi connectivity index (χ0) is 15.3. The summed E-state index contributed by atoms with van der Waals surface area (Å²) in [7, 11) is -1.91. The van der Waals surface area contributed by atoms with E-state index >= 15 is 0 Å². The van der Waals surface area contributed by atoms with Crippen LogP contribution in [-0.2, 0) is 10.0 Å². The Kier molecular flexibility index (Phi) is 8.25. The van der Waals surface area contributed by atoms with Gasteiger partial charge >= 0.3 is 0 Å². The molecule has 0 unspecified atom stereocenters. The number of rotatable bonds is 7. The first-order valence-electron chi connectivity index (χ1n) is 6.71. The number of aryl methyl sites for hydroxylation is 1. The number of hydrogen-bond acceptors (Lipinski definition) is 4. The number of benzene rings is 1. The van der Waals surface area contributed by atoms with Crippen LogP contribution in [-0.4, -0.2) is 28.6 Å². The highest BCUT2D eigenvalue weighted by molar-refractivity contribution is 7.89. The number of halogens is 1. The third-order valence-corrected chi connectivity index (χ3v) is 4.71. The van der Waals surface area contributed by atoms with Crippen molar-refractivity contribution in [2.24, 2.45) is 5.73 Å². The zero-order valence-corrected chi connectivity index (χ0v) is 14.6. The first-order chi connectivity index (χ1) is 9.33. The van der Waals surface area contributed by atoms with Gasteiger partial charge in [-0.25, -0.2) is 13.1 Å². The Labute approximate surface area is 133 Å². The van der Waals surface area contributed by atoms with Crippen molar-refractivity contribution in [2.45, 2.75) is 38.0 Å². The van der Waals surface area contributed by atoms with Crippen molar-refractivity contribution in [3.8, 4) is 5.75 Å². The summed E-state index contributed by atoms with van der Waals surface area (Å²) in [6.07, 6.45) is 0.617. The molecule has 0 heterocycles. The highest BCUT2D eigenvalue weighted by Crippen LogP contribution is 2.31. The molecule has 0 aliphatic heterocycles. The van der Waals surface area contributed by atoms with Crippen LogP contribution in [0.25, 0.3) is 0 Å². The summed E-state index contributed by atoms with van der Waals surface area (Å²) in [6, 6.07) is 3.47. The quantitative estimate of drug-likeness (QED) is 0.748. The molecule has 1 aromatic carbocycles. The van der Waals surface area contributed by atoms with Crippen molar-refractivity contribution in [1.29, 1.82) is 0 Å². The molecule has 0 saturated carbocycles. The van der Waals surface area contributed by atoms with Gasteiger partial charge in [0.05, 0.1) is 12.0 Å². The van der Waals surface area contributed by atoms with Crippen LogP contribution in [0.5, 0.6) is 5.75 Å². The highest BCUT2D eigenvalue weighted by Gasteiger charge is 2.20. The lowest BCUT2D eigenvalue weighted by molar-refractivity contribution is 0.406. The van der Waals surface area contributed by atoms with Gasteiger partial charge in [-0.1, -0.05) is 13.8 Å². The van der Waals surface area contributed by atoms with Crippen LogP contribution in [0.1, 0.15) is 37.3 Å². The molecule has 0 aliphatic rings. The topological polar surface area (TPSA) is 81.4 Å². The van der Waals surface area contributed by atoms with E-state index < -0.39 is 10.0 Å². The van der Waals surface area contributed by atoms with Gasteiger partial charge in [-0.2, -0.15) is 0 Å². The van der Waals surface area contributed by atoms with Crippen LogP contribution in [0.4, 0.5) is 0 Å². The molecule has 0 amide bonds. The third kappa shape index (κ3) is 5.14. The molecule has 0 bridgehead atoms. The van der Waals surface area contributed by atoms with Gasteiger partial charge in [0, 0.05) is 6.54 Å². The lowest BCUT2D eigenvalue weighted by Gasteiger charge is -2.16. The minimum Gasteiger partial charge on any atom is -0.496 e. The monoisotopic (exact) mass is 336 g/mol. The van der Waals surface area contributed by atoms with Crippen molar-refractivity contribution in [1.82, 2.24) is 4.72 Å². The molecule has 0 atom stereocenters. The fourth-order valence-electron chi connectivity index (χ4n) is 1.98. The van der Waals surface area contributed by atoms with Gasteiger partial charge in [0.2, 0.25) is 10.0 Å². The highest BCUT2D eigenvalue weighted by atomic mass is 35.5. The standard InChI is InChI=1S/C14H24N2O3S.ClH/c1-10(2)12-9-14(11(3)8-13(12)19-4)20(17,18)16-7-5-6-15;/h8-10,16H,5-7,15H2,1-4H3;1H. The van der Waals surface area contributed by atoms with E-state index in [9.17, 15) is 8.42 Å². The largest absolute Gasteiger partial charge is 0.496 e. The number of nitrogens with one attached hydrogen (secondary N) is 1. The van der Waals surface area contributed by atoms with Gasteiger partial charge in [-0.05, 0) is 49.1 Å². The summed E-state index contributed by atoms with van der Waals surface area (Å²) in [5, 5.41) is 0. The van der Waals surface area contributed by atoms with E-state index in [1.54, 1.807) is 26.2 Å². The molecule has 1 aromatic rings. The Morgan fingerprint density at radius 3 is 2.43 bits per heavy atom. The molecule has 21 heavy (non-hydrogen) atoms. The molecular formula is C14H25ClN2O3S. The average molecular weight is 337 g/mol. The van der Waals surface area contributed by atoms with Gasteiger partial charge in [-0.3, -0.25) is 0 Å². The van der Waals surface area contributed by atoms with Crippen LogP contribution < -0.4 is 15.2 Å². The maximum Gasteiger partial charge on any atom is 0.240 e. The van der Waals surface area contributed by atoms with Gasteiger partial charge in [0.1, 0.15) is 5.75 Å². The molecule has 7 heteroatoms. The summed E-state index contributed by atoms with van der Waals surface area (Å²) in [4.78, 5) is 0.305. The van der Waals surface area contributed by atoms with Gasteiger partial charge in [0.15, 0.2) is 0 Å². The van der Waals surface area contributed by atoms with Crippen molar-refractivity contribution in [2.75, 3.05) is 20.2 Å². The second-order valence-corrected chi connectivity index (χ2v) is 6.79. The van der Waals surface area contributed by atoms with Gasteiger partial charge in [-0.15, -0.1) is 12.4 Å². The van der Waals surface area contributed by atoms with E-state index in [-0.39, 0.29) is 18.3 Å². The fourth-order valence-corrected chi connectivity index (χ4v) is 3.31. The normalized spacial score (nSPS) is 11.3. The summed E-state index contributed by atoms with van der Waals surface area (Å²) in [6.45, 7) is 6.59. The smallest absolute Gasteiger partial charge is 0.240 e. The number of nitrogens with two attached hydrogens (primary N) is 1. The fraction of sp³-hybridized carbons (Fsp3) is 0.571. The summed E-state index contributed by atoms with van der Waals surface area (Å²) in [5.41, 5.74) is 6.94. The first kappa shape index (κ1) is 20.2. The predicted octanol–water partition coefficient (Wildman–Crippen LogP) is 2.18. The summed E-state index contributed by atoms with van der Waals surface area (Å²) in [5.74, 6) is 0.905. The Hall–Kier alpha value is -0.820. The molecular weight excluding hydrogens is 312 g/mol. The molecule has 0 radical (unpaired) electrons. The van der Waals surface area contributed by atoms with E-state index in [2.05, 4.69) is 4.72 Å². The summed E-state index contributed by atoms with van der Waals surface area (Å²) < 4.78 is 32.5. The van der Waals surface area contributed by atoms with E-state index in [0.717, 1.165) is 11.3 Å². The molecule has 5 nitrogen and oxygen atoms in total. The molecule has 0 aromatic heterocycles. The van der Waals surface area contributed by atoms with Crippen LogP contribution in [0.2, 0.25) is 0 Å². The van der Waals surface area contributed by atoms with E-state index in [0.29, 0.717) is 30.0 Å². The molecule has 0 aliphatic carbocycles. The Bertz CT molecular complexity index is 560. The van der Waals surface area contributed by atoms with Crippen LogP contribution in [0, 0.1) is 6.92 Å². The SMILES string of the molecule is COc1cc(C)c(S(=O)(=O)NCCCN)cc1C(C)C.Cl. The van der Waals surface area contributed by atoms with E-state index in [1.165, 1.54) is 0 Å². The molecule has 0 fully saturated rings. The van der Waals surface area contributed by atoms with Crippen LogP contribution >= 0.6 is 12.4 Å². The first-order valence-corrected chi connectivity index (χ1v) is 8.20. The minimum atomic E-state index is -3.51. The summed E-state index contributed by atoms with van der Waals surface area (Å²) >= 11 is 0. The maximum absolute atomic E-state index is 12.3. The van der Waals surface area contributed by atoms with Crippen molar-refractivity contribution >= 4 is 22.4 Å². The Morgan fingerprint density at radius 1 is 1.33 bits per heavy atom. The van der Waals surface area contributed by atoms with Crippen LogP contribution in [0.3, 0.4) is 0 Å². The molecule has 3 N–H and O–H groups in total. The molecule has 0 saturated heterocycles. The van der Waals surface area contributed by atoms with Crippen molar-refractivity contribution in [3.63, 3.8) is 0 Å². The average Bonchev–Trinajstić information content (AvgIpc) is 2.37. The second-order valence-electron chi connectivity index (χ2n) is 5.05. The number of ether oxygens (including phenoxy) is 1. The molecule has 1 rings (SSSR count). The second kappa shape index (κ2) is 8.58. The number of hydrogen-bond donors (Lipinski definition) is 2. The third-order valence-electron chi connectivity index (χ3n) is 3.11. The number of sulfonamides is 1.